The highest BCUT2D eigenvalue weighted by Gasteiger charge is 2.24. The molecule has 0 N–H and O–H groups in total. The number of benzene rings is 2. The fourth-order valence-corrected chi connectivity index (χ4v) is 4.14. The highest BCUT2D eigenvalue weighted by atomic mass is 19.2. The van der Waals surface area contributed by atoms with Gasteiger partial charge >= 0.3 is 0 Å². The third-order valence-electron chi connectivity index (χ3n) is 5.66. The Labute approximate surface area is 158 Å². The highest BCUT2D eigenvalue weighted by molar-refractivity contribution is 5.35. The Kier molecular flexibility index (Phi) is 6.23. The van der Waals surface area contributed by atoms with Gasteiger partial charge in [0.1, 0.15) is 0 Å². The predicted molar refractivity (Wildman–Crippen MR) is 99.9 cm³/mol. The second-order valence-electron chi connectivity index (χ2n) is 7.92. The van der Waals surface area contributed by atoms with Gasteiger partial charge in [-0.3, -0.25) is 0 Å². The minimum absolute atomic E-state index is 0.0243. The molecule has 3 rings (SSSR count). The molecule has 0 radical (unpaired) electrons. The molecule has 4 heteroatoms. The van der Waals surface area contributed by atoms with Crippen molar-refractivity contribution in [3.8, 4) is 0 Å². The van der Waals surface area contributed by atoms with E-state index in [4.69, 9.17) is 0 Å². The lowest BCUT2D eigenvalue weighted by molar-refractivity contribution is 0.339. The molecular formula is C23H26F4. The van der Waals surface area contributed by atoms with Crippen LogP contribution in [-0.4, -0.2) is 0 Å². The number of rotatable bonds is 5. The molecule has 2 aromatic rings. The molecule has 0 nitrogen and oxygen atoms in total. The first kappa shape index (κ1) is 19.9. The molecule has 27 heavy (non-hydrogen) atoms. The molecular weight excluding hydrogens is 352 g/mol. The third kappa shape index (κ3) is 4.53. The van der Waals surface area contributed by atoms with E-state index in [0.717, 1.165) is 31.7 Å². The van der Waals surface area contributed by atoms with Crippen LogP contribution in [0.15, 0.2) is 24.3 Å². The van der Waals surface area contributed by atoms with Gasteiger partial charge < -0.3 is 0 Å². The van der Waals surface area contributed by atoms with Crippen molar-refractivity contribution in [3.63, 3.8) is 0 Å². The van der Waals surface area contributed by atoms with Gasteiger partial charge in [-0.1, -0.05) is 45.2 Å². The summed E-state index contributed by atoms with van der Waals surface area (Å²) in [5.74, 6) is -2.69. The molecule has 0 saturated heterocycles. The topological polar surface area (TPSA) is 0 Å². The molecule has 0 unspecified atom stereocenters. The fourth-order valence-electron chi connectivity index (χ4n) is 4.14. The second kappa shape index (κ2) is 8.45. The summed E-state index contributed by atoms with van der Waals surface area (Å²) in [5, 5.41) is 0. The molecule has 1 saturated carbocycles. The van der Waals surface area contributed by atoms with Gasteiger partial charge in [0.05, 0.1) is 0 Å². The minimum Gasteiger partial charge on any atom is -0.204 e. The van der Waals surface area contributed by atoms with Crippen LogP contribution in [0.2, 0.25) is 0 Å². The first-order chi connectivity index (χ1) is 12.9. The molecule has 146 valence electrons. The average Bonchev–Trinajstić information content (AvgIpc) is 2.63. The first-order valence-electron chi connectivity index (χ1n) is 9.83. The number of hydrogen-bond acceptors (Lipinski definition) is 0. The van der Waals surface area contributed by atoms with E-state index in [1.807, 2.05) is 6.92 Å². The monoisotopic (exact) mass is 378 g/mol. The number of hydrogen-bond donors (Lipinski definition) is 0. The molecule has 1 aliphatic carbocycles. The smallest absolute Gasteiger partial charge is 0.162 e. The van der Waals surface area contributed by atoms with Gasteiger partial charge in [0.25, 0.3) is 0 Å². The van der Waals surface area contributed by atoms with Crippen LogP contribution < -0.4 is 0 Å². The minimum atomic E-state index is -0.889. The summed E-state index contributed by atoms with van der Waals surface area (Å²) in [5.41, 5.74) is 1.92. The first-order valence-corrected chi connectivity index (χ1v) is 9.83. The van der Waals surface area contributed by atoms with E-state index in [2.05, 4.69) is 6.92 Å². The predicted octanol–water partition coefficient (Wildman–Crippen LogP) is 7.08. The molecule has 0 atom stereocenters. The molecule has 1 fully saturated rings. The zero-order chi connectivity index (χ0) is 19.6. The van der Waals surface area contributed by atoms with Crippen molar-refractivity contribution < 1.29 is 17.6 Å². The van der Waals surface area contributed by atoms with E-state index in [-0.39, 0.29) is 12.3 Å². The summed E-state index contributed by atoms with van der Waals surface area (Å²) in [6.07, 6.45) is 5.13. The maximum Gasteiger partial charge on any atom is 0.162 e. The summed E-state index contributed by atoms with van der Waals surface area (Å²) in [7, 11) is 0. The largest absolute Gasteiger partial charge is 0.204 e. The van der Waals surface area contributed by atoms with Gasteiger partial charge in [0.15, 0.2) is 23.3 Å². The van der Waals surface area contributed by atoms with Crippen LogP contribution in [0.4, 0.5) is 17.6 Å². The molecule has 0 aliphatic heterocycles. The lowest BCUT2D eigenvalue weighted by Crippen LogP contribution is -2.13. The Morgan fingerprint density at radius 3 is 2.04 bits per heavy atom. The molecule has 2 aromatic carbocycles. The van der Waals surface area contributed by atoms with E-state index in [0.29, 0.717) is 41.0 Å². The molecule has 0 bridgehead atoms. The quantitative estimate of drug-likeness (QED) is 0.488. The van der Waals surface area contributed by atoms with Crippen LogP contribution in [-0.2, 0) is 12.8 Å². The standard InChI is InChI=1S/C23H26F4/c1-3-4-18-10-15(12-20(24)22(18)26)9-16-11-19(23(27)21(25)13-16)17-7-5-14(2)6-8-17/h10-14,17H,3-9H2,1-2H3. The van der Waals surface area contributed by atoms with Crippen molar-refractivity contribution in [1.82, 2.24) is 0 Å². The Hall–Kier alpha value is -1.84. The van der Waals surface area contributed by atoms with Crippen LogP contribution in [0.25, 0.3) is 0 Å². The van der Waals surface area contributed by atoms with E-state index in [1.165, 1.54) is 6.07 Å². The van der Waals surface area contributed by atoms with Crippen LogP contribution >= 0.6 is 0 Å². The molecule has 0 aromatic heterocycles. The molecule has 0 amide bonds. The summed E-state index contributed by atoms with van der Waals surface area (Å²) < 4.78 is 56.4. The van der Waals surface area contributed by atoms with Crippen LogP contribution in [0.3, 0.4) is 0 Å². The Morgan fingerprint density at radius 1 is 0.815 bits per heavy atom. The molecule has 0 spiro atoms. The Bertz CT molecular complexity index is 805. The van der Waals surface area contributed by atoms with Crippen molar-refractivity contribution in [2.75, 3.05) is 0 Å². The van der Waals surface area contributed by atoms with Crippen molar-refractivity contribution in [2.45, 2.75) is 64.7 Å². The fraction of sp³-hybridized carbons (Fsp3) is 0.478. The maximum absolute atomic E-state index is 14.4. The van der Waals surface area contributed by atoms with Crippen LogP contribution in [0.5, 0.6) is 0 Å². The number of halogens is 4. The zero-order valence-corrected chi connectivity index (χ0v) is 15.9. The van der Waals surface area contributed by atoms with Crippen molar-refractivity contribution >= 4 is 0 Å². The van der Waals surface area contributed by atoms with E-state index in [1.54, 1.807) is 12.1 Å². The normalized spacial score (nSPS) is 20.1. The van der Waals surface area contributed by atoms with Crippen molar-refractivity contribution in [1.29, 1.82) is 0 Å². The van der Waals surface area contributed by atoms with Crippen LogP contribution in [0.1, 0.15) is 74.1 Å². The van der Waals surface area contributed by atoms with Gasteiger partial charge in [-0.25, -0.2) is 17.6 Å². The maximum atomic E-state index is 14.4. The van der Waals surface area contributed by atoms with Gasteiger partial charge in [-0.05, 0) is 71.9 Å². The van der Waals surface area contributed by atoms with E-state index >= 15 is 0 Å². The van der Waals surface area contributed by atoms with Crippen molar-refractivity contribution in [3.05, 3.63) is 69.8 Å². The summed E-state index contributed by atoms with van der Waals surface area (Å²) in [6.45, 7) is 4.08. The zero-order valence-electron chi connectivity index (χ0n) is 15.9. The van der Waals surface area contributed by atoms with Gasteiger partial charge in [0.2, 0.25) is 0 Å². The number of aryl methyl sites for hydroxylation is 1. The summed E-state index contributed by atoms with van der Waals surface area (Å²) >= 11 is 0. The summed E-state index contributed by atoms with van der Waals surface area (Å²) in [4.78, 5) is 0. The van der Waals surface area contributed by atoms with Crippen molar-refractivity contribution in [2.24, 2.45) is 5.92 Å². The highest BCUT2D eigenvalue weighted by Crippen LogP contribution is 2.37. The molecule has 1 aliphatic rings. The van der Waals surface area contributed by atoms with Gasteiger partial charge in [-0.15, -0.1) is 0 Å². The summed E-state index contributed by atoms with van der Waals surface area (Å²) in [6, 6.07) is 5.66. The van der Waals surface area contributed by atoms with E-state index < -0.39 is 23.3 Å². The lowest BCUT2D eigenvalue weighted by atomic mass is 9.79. The Balaban J connectivity index is 1.89. The Morgan fingerprint density at radius 2 is 1.41 bits per heavy atom. The average molecular weight is 378 g/mol. The van der Waals surface area contributed by atoms with Gasteiger partial charge in [0, 0.05) is 0 Å². The molecule has 0 heterocycles. The van der Waals surface area contributed by atoms with Crippen LogP contribution in [0, 0.1) is 29.2 Å². The van der Waals surface area contributed by atoms with E-state index in [9.17, 15) is 17.6 Å². The second-order valence-corrected chi connectivity index (χ2v) is 7.92. The lowest BCUT2D eigenvalue weighted by Gasteiger charge is -2.27. The van der Waals surface area contributed by atoms with Gasteiger partial charge in [-0.2, -0.15) is 0 Å². The third-order valence-corrected chi connectivity index (χ3v) is 5.66. The SMILES string of the molecule is CCCc1cc(Cc2cc(F)c(F)c(C3CCC(C)CC3)c2)cc(F)c1F.